The van der Waals surface area contributed by atoms with Gasteiger partial charge in [0, 0.05) is 4.57 Å². The summed E-state index contributed by atoms with van der Waals surface area (Å²) >= 11 is 0. The average molecular weight is 185 g/mol. The Labute approximate surface area is 71.9 Å². The Kier molecular flexibility index (Phi) is 2.79. The molecule has 1 aromatic rings. The number of hydrogen-bond donors (Lipinski definition) is 1. The second kappa shape index (κ2) is 3.65. The monoisotopic (exact) mass is 185 g/mol. The number of benzene rings is 1. The zero-order chi connectivity index (χ0) is 9.14. The summed E-state index contributed by atoms with van der Waals surface area (Å²) in [5.74, 6) is 0.441. The summed E-state index contributed by atoms with van der Waals surface area (Å²) in [4.78, 5) is 8.47. The molecule has 0 saturated carbocycles. The van der Waals surface area contributed by atoms with Gasteiger partial charge in [0.05, 0.1) is 0 Å². The molecule has 12 heavy (non-hydrogen) atoms. The molecular formula is C8H10O3P+. The first kappa shape index (κ1) is 9.17. The predicted molar refractivity (Wildman–Crippen MR) is 46.4 cm³/mol. The highest BCUT2D eigenvalue weighted by atomic mass is 31.1. The molecule has 0 aliphatic heterocycles. The molecule has 64 valence electrons. The highest BCUT2D eigenvalue weighted by Gasteiger charge is 2.13. The van der Waals surface area contributed by atoms with Crippen molar-refractivity contribution in [2.24, 2.45) is 0 Å². The highest BCUT2D eigenvalue weighted by Crippen LogP contribution is 2.24. The SMILES string of the molecule is Cc1cc(C)cc(O[P+](=O)O)c1. The fourth-order valence-electron chi connectivity index (χ4n) is 1.08. The van der Waals surface area contributed by atoms with Crippen molar-refractivity contribution < 1.29 is 14.0 Å². The van der Waals surface area contributed by atoms with Gasteiger partial charge in [-0.1, -0.05) is 6.07 Å². The van der Waals surface area contributed by atoms with Crippen molar-refractivity contribution in [2.45, 2.75) is 13.8 Å². The summed E-state index contributed by atoms with van der Waals surface area (Å²) in [7, 11) is -2.55. The largest absolute Gasteiger partial charge is 0.747 e. The van der Waals surface area contributed by atoms with Crippen molar-refractivity contribution in [2.75, 3.05) is 0 Å². The zero-order valence-electron chi connectivity index (χ0n) is 6.94. The summed E-state index contributed by atoms with van der Waals surface area (Å²) in [5.41, 5.74) is 2.03. The molecule has 4 heteroatoms. The third-order valence-corrected chi connectivity index (χ3v) is 1.75. The molecule has 0 aromatic heterocycles. The lowest BCUT2D eigenvalue weighted by Crippen LogP contribution is -1.83. The zero-order valence-corrected chi connectivity index (χ0v) is 7.84. The van der Waals surface area contributed by atoms with Gasteiger partial charge < -0.3 is 0 Å². The molecule has 0 bridgehead atoms. The van der Waals surface area contributed by atoms with E-state index >= 15 is 0 Å². The van der Waals surface area contributed by atoms with Crippen molar-refractivity contribution in [1.82, 2.24) is 0 Å². The topological polar surface area (TPSA) is 46.5 Å². The van der Waals surface area contributed by atoms with E-state index in [1.54, 1.807) is 12.1 Å². The Morgan fingerprint density at radius 2 is 1.75 bits per heavy atom. The third-order valence-electron chi connectivity index (χ3n) is 1.38. The molecule has 1 N–H and O–H groups in total. The van der Waals surface area contributed by atoms with E-state index in [0.717, 1.165) is 11.1 Å². The number of hydrogen-bond acceptors (Lipinski definition) is 2. The van der Waals surface area contributed by atoms with E-state index in [9.17, 15) is 4.57 Å². The Bertz CT molecular complexity index is 289. The molecule has 3 nitrogen and oxygen atoms in total. The van der Waals surface area contributed by atoms with Crippen LogP contribution >= 0.6 is 8.25 Å². The first-order valence-corrected chi connectivity index (χ1v) is 4.63. The number of aryl methyl sites for hydroxylation is 2. The van der Waals surface area contributed by atoms with Gasteiger partial charge in [0.1, 0.15) is 0 Å². The van der Waals surface area contributed by atoms with Crippen LogP contribution in [0.15, 0.2) is 18.2 Å². The quantitative estimate of drug-likeness (QED) is 0.719. The van der Waals surface area contributed by atoms with E-state index in [2.05, 4.69) is 4.52 Å². The van der Waals surface area contributed by atoms with Gasteiger partial charge in [-0.15, -0.1) is 4.89 Å². The minimum Gasteiger partial charge on any atom is -0.229 e. The van der Waals surface area contributed by atoms with Crippen molar-refractivity contribution >= 4 is 8.25 Å². The summed E-state index contributed by atoms with van der Waals surface area (Å²) in [5, 5.41) is 0. The molecule has 0 saturated heterocycles. The van der Waals surface area contributed by atoms with Crippen LogP contribution in [0, 0.1) is 13.8 Å². The van der Waals surface area contributed by atoms with E-state index in [0.29, 0.717) is 5.75 Å². The molecule has 1 aromatic carbocycles. The Balaban J connectivity index is 2.93. The molecule has 1 atom stereocenters. The van der Waals surface area contributed by atoms with Gasteiger partial charge in [-0.2, -0.15) is 0 Å². The van der Waals surface area contributed by atoms with E-state index in [4.69, 9.17) is 4.89 Å². The van der Waals surface area contributed by atoms with Crippen molar-refractivity contribution in [3.63, 3.8) is 0 Å². The molecule has 0 heterocycles. The maximum Gasteiger partial charge on any atom is 0.747 e. The maximum absolute atomic E-state index is 10.3. The molecule has 1 unspecified atom stereocenters. The normalized spacial score (nSPS) is 11.1. The predicted octanol–water partition coefficient (Wildman–Crippen LogP) is 2.33. The van der Waals surface area contributed by atoms with Crippen molar-refractivity contribution in [3.05, 3.63) is 29.3 Å². The maximum atomic E-state index is 10.3. The lowest BCUT2D eigenvalue weighted by Gasteiger charge is -1.96. The first-order valence-electron chi connectivity index (χ1n) is 3.50. The van der Waals surface area contributed by atoms with E-state index in [-0.39, 0.29) is 0 Å². The van der Waals surface area contributed by atoms with Crippen molar-refractivity contribution in [3.8, 4) is 5.75 Å². The van der Waals surface area contributed by atoms with Crippen LogP contribution < -0.4 is 4.52 Å². The van der Waals surface area contributed by atoms with Crippen molar-refractivity contribution in [1.29, 1.82) is 0 Å². The van der Waals surface area contributed by atoms with E-state index < -0.39 is 8.25 Å². The smallest absolute Gasteiger partial charge is 0.229 e. The minimum atomic E-state index is -2.55. The summed E-state index contributed by atoms with van der Waals surface area (Å²) < 4.78 is 15.0. The van der Waals surface area contributed by atoms with E-state index in [1.807, 2.05) is 19.9 Å². The lowest BCUT2D eigenvalue weighted by molar-refractivity contribution is 0.410. The first-order chi connectivity index (χ1) is 5.58. The molecule has 0 amide bonds. The van der Waals surface area contributed by atoms with Gasteiger partial charge in [-0.05, 0) is 37.1 Å². The van der Waals surface area contributed by atoms with Crippen LogP contribution in [-0.4, -0.2) is 4.89 Å². The molecule has 0 aliphatic rings. The summed E-state index contributed by atoms with van der Waals surface area (Å²) in [6.07, 6.45) is 0. The van der Waals surface area contributed by atoms with Gasteiger partial charge in [0.2, 0.25) is 0 Å². The molecule has 0 aliphatic carbocycles. The summed E-state index contributed by atoms with van der Waals surface area (Å²) in [6.45, 7) is 3.81. The van der Waals surface area contributed by atoms with Crippen LogP contribution in [0.25, 0.3) is 0 Å². The molecular weight excluding hydrogens is 175 g/mol. The summed E-state index contributed by atoms with van der Waals surface area (Å²) in [6, 6.07) is 5.41. The van der Waals surface area contributed by atoms with Gasteiger partial charge in [-0.3, -0.25) is 0 Å². The average Bonchev–Trinajstić information content (AvgIpc) is 1.81. The Morgan fingerprint density at radius 1 is 1.25 bits per heavy atom. The van der Waals surface area contributed by atoms with E-state index in [1.165, 1.54) is 0 Å². The second-order valence-electron chi connectivity index (χ2n) is 2.65. The van der Waals surface area contributed by atoms with Crippen LogP contribution in [0.5, 0.6) is 5.75 Å². The Hall–Kier alpha value is -0.920. The molecule has 0 radical (unpaired) electrons. The molecule has 0 spiro atoms. The fraction of sp³-hybridized carbons (Fsp3) is 0.250. The minimum absolute atomic E-state index is 0.441. The lowest BCUT2D eigenvalue weighted by atomic mass is 10.1. The van der Waals surface area contributed by atoms with Crippen LogP contribution in [0.2, 0.25) is 0 Å². The second-order valence-corrected chi connectivity index (χ2v) is 3.31. The highest BCUT2D eigenvalue weighted by molar-refractivity contribution is 7.32. The standard InChI is InChI=1S/C8H9O3P/c1-6-3-7(2)5-8(4-6)11-12(9)10/h3-5H,1-2H3/p+1. The van der Waals surface area contributed by atoms with Gasteiger partial charge in [0.25, 0.3) is 0 Å². The van der Waals surface area contributed by atoms with Crippen LogP contribution in [0.1, 0.15) is 11.1 Å². The fourth-order valence-corrected chi connectivity index (χ4v) is 1.36. The van der Waals surface area contributed by atoms with Crippen LogP contribution in [-0.2, 0) is 4.57 Å². The van der Waals surface area contributed by atoms with Gasteiger partial charge in [-0.25, -0.2) is 4.52 Å². The Morgan fingerprint density at radius 3 is 2.17 bits per heavy atom. The molecule has 1 rings (SSSR count). The third kappa shape index (κ3) is 2.61. The van der Waals surface area contributed by atoms with Gasteiger partial charge >= 0.3 is 8.25 Å². The number of rotatable bonds is 2. The molecule has 0 fully saturated rings. The van der Waals surface area contributed by atoms with Gasteiger partial charge in [0.15, 0.2) is 5.75 Å². The van der Waals surface area contributed by atoms with Crippen LogP contribution in [0.3, 0.4) is 0 Å². The van der Waals surface area contributed by atoms with Crippen LogP contribution in [0.4, 0.5) is 0 Å².